The van der Waals surface area contributed by atoms with Crippen molar-refractivity contribution in [3.63, 3.8) is 0 Å². The lowest BCUT2D eigenvalue weighted by Gasteiger charge is -2.34. The van der Waals surface area contributed by atoms with Crippen LogP contribution >= 0.6 is 23.2 Å². The summed E-state index contributed by atoms with van der Waals surface area (Å²) in [4.78, 5) is 29.5. The number of rotatable bonds is 12. The van der Waals surface area contributed by atoms with Crippen molar-refractivity contribution in [1.82, 2.24) is 10.2 Å². The summed E-state index contributed by atoms with van der Waals surface area (Å²) < 4.78 is 34.6. The van der Waals surface area contributed by atoms with Gasteiger partial charge in [-0.25, -0.2) is 8.42 Å². The molecule has 0 saturated heterocycles. The molecule has 1 fully saturated rings. The summed E-state index contributed by atoms with van der Waals surface area (Å²) in [6, 6.07) is 17.2. The van der Waals surface area contributed by atoms with Crippen LogP contribution in [0.4, 0.5) is 5.69 Å². The van der Waals surface area contributed by atoms with E-state index in [1.54, 1.807) is 43.5 Å². The molecule has 1 unspecified atom stereocenters. The summed E-state index contributed by atoms with van der Waals surface area (Å²) in [6.07, 6.45) is 5.34. The minimum atomic E-state index is -4.28. The van der Waals surface area contributed by atoms with Gasteiger partial charge in [-0.1, -0.05) is 79.2 Å². The van der Waals surface area contributed by atoms with Crippen molar-refractivity contribution in [1.29, 1.82) is 0 Å². The number of anilines is 1. The predicted octanol–water partition coefficient (Wildman–Crippen LogP) is 6.76. The molecular weight excluding hydrogens is 621 g/mol. The summed E-state index contributed by atoms with van der Waals surface area (Å²) in [5, 5.41) is 3.52. The Bertz CT molecular complexity index is 1560. The van der Waals surface area contributed by atoms with Gasteiger partial charge in [0.2, 0.25) is 11.8 Å². The number of amides is 2. The number of sulfonamides is 1. The van der Waals surface area contributed by atoms with Crippen LogP contribution in [0.3, 0.4) is 0 Å². The van der Waals surface area contributed by atoms with Crippen LogP contribution < -0.4 is 14.4 Å². The molecule has 236 valence electrons. The average Bonchev–Trinajstić information content (AvgIpc) is 3.01. The highest BCUT2D eigenvalue weighted by Crippen LogP contribution is 2.33. The lowest BCUT2D eigenvalue weighted by Crippen LogP contribution is -2.54. The second-order valence-corrected chi connectivity index (χ2v) is 13.8. The number of halogens is 2. The molecule has 3 aromatic rings. The van der Waals surface area contributed by atoms with E-state index in [1.807, 2.05) is 19.9 Å². The fourth-order valence-corrected chi connectivity index (χ4v) is 7.32. The molecule has 4 rings (SSSR count). The van der Waals surface area contributed by atoms with Gasteiger partial charge in [-0.2, -0.15) is 0 Å². The Labute approximate surface area is 270 Å². The molecule has 0 aliphatic heterocycles. The molecule has 3 aromatic carbocycles. The van der Waals surface area contributed by atoms with Gasteiger partial charge in [0.25, 0.3) is 10.0 Å². The number of aryl methyl sites for hydroxylation is 1. The highest BCUT2D eigenvalue weighted by molar-refractivity contribution is 7.92. The Balaban J connectivity index is 1.75. The molecule has 0 spiro atoms. The van der Waals surface area contributed by atoms with E-state index in [-0.39, 0.29) is 39.1 Å². The lowest BCUT2D eigenvalue weighted by atomic mass is 9.95. The summed E-state index contributed by atoms with van der Waals surface area (Å²) in [5.74, 6) is -0.224. The van der Waals surface area contributed by atoms with Crippen LogP contribution in [0.25, 0.3) is 0 Å². The van der Waals surface area contributed by atoms with Crippen LogP contribution in [-0.2, 0) is 26.2 Å². The average molecular weight is 661 g/mol. The van der Waals surface area contributed by atoms with Crippen molar-refractivity contribution in [2.45, 2.75) is 75.9 Å². The van der Waals surface area contributed by atoms with Gasteiger partial charge >= 0.3 is 0 Å². The zero-order valence-corrected chi connectivity index (χ0v) is 27.6. The van der Waals surface area contributed by atoms with Gasteiger partial charge in [-0.05, 0) is 74.2 Å². The minimum absolute atomic E-state index is 0.00614. The van der Waals surface area contributed by atoms with Gasteiger partial charge in [-0.3, -0.25) is 13.9 Å². The minimum Gasteiger partial charge on any atom is -0.497 e. The molecule has 0 radical (unpaired) electrons. The number of hydrogen-bond donors (Lipinski definition) is 1. The van der Waals surface area contributed by atoms with E-state index in [0.717, 1.165) is 47.5 Å². The van der Waals surface area contributed by atoms with Crippen LogP contribution in [0.2, 0.25) is 10.0 Å². The number of nitrogens with one attached hydrogen (secondary N) is 1. The Morgan fingerprint density at radius 3 is 2.36 bits per heavy atom. The maximum atomic E-state index is 14.3. The quantitative estimate of drug-likeness (QED) is 0.232. The van der Waals surface area contributed by atoms with Crippen molar-refractivity contribution >= 4 is 50.7 Å². The molecule has 44 heavy (non-hydrogen) atoms. The van der Waals surface area contributed by atoms with Gasteiger partial charge < -0.3 is 15.0 Å². The summed E-state index contributed by atoms with van der Waals surface area (Å²) in [6.45, 7) is 3.15. The normalized spacial score (nSPS) is 14.5. The first-order chi connectivity index (χ1) is 21.0. The van der Waals surface area contributed by atoms with E-state index in [0.29, 0.717) is 12.2 Å². The number of carbonyl (C=O) groups is 2. The maximum Gasteiger partial charge on any atom is 0.264 e. The van der Waals surface area contributed by atoms with Crippen molar-refractivity contribution in [3.8, 4) is 5.75 Å². The van der Waals surface area contributed by atoms with Crippen LogP contribution in [0.5, 0.6) is 5.75 Å². The fraction of sp³-hybridized carbons (Fsp3) is 0.394. The first-order valence-corrected chi connectivity index (χ1v) is 17.0. The van der Waals surface area contributed by atoms with Gasteiger partial charge in [0.1, 0.15) is 18.3 Å². The van der Waals surface area contributed by atoms with E-state index in [1.165, 1.54) is 29.2 Å². The number of hydrogen-bond acceptors (Lipinski definition) is 5. The first kappa shape index (κ1) is 33.6. The third-order valence-electron chi connectivity index (χ3n) is 7.89. The van der Waals surface area contributed by atoms with Gasteiger partial charge in [0, 0.05) is 17.6 Å². The van der Waals surface area contributed by atoms with E-state index < -0.39 is 28.5 Å². The molecule has 1 aliphatic carbocycles. The second kappa shape index (κ2) is 15.1. The molecule has 0 bridgehead atoms. The number of benzene rings is 3. The lowest BCUT2D eigenvalue weighted by molar-refractivity contribution is -0.140. The Hall–Kier alpha value is -3.27. The summed E-state index contributed by atoms with van der Waals surface area (Å²) in [5.41, 5.74) is 1.68. The van der Waals surface area contributed by atoms with Crippen molar-refractivity contribution in [2.75, 3.05) is 18.0 Å². The molecule has 0 heterocycles. The predicted molar refractivity (Wildman–Crippen MR) is 175 cm³/mol. The highest BCUT2D eigenvalue weighted by atomic mass is 35.5. The molecule has 2 amide bonds. The van der Waals surface area contributed by atoms with Crippen LogP contribution in [0.1, 0.15) is 56.6 Å². The standard InChI is InChI=1S/C33H39Cl2N3O5S/c1-4-30(33(40)36-26-10-6-5-7-11-26)37(21-24-9-8-12-27(19-24)43-3)32(39)22-38(31-20-25(34)15-18-29(31)35)44(41,42)28-16-13-23(2)14-17-28/h8-9,12-20,26,30H,4-7,10-11,21-22H2,1-3H3,(H,36,40). The summed E-state index contributed by atoms with van der Waals surface area (Å²) >= 11 is 12.8. The molecule has 1 atom stereocenters. The number of ether oxygens (including phenoxy) is 1. The molecule has 0 aromatic heterocycles. The van der Waals surface area contributed by atoms with E-state index in [2.05, 4.69) is 5.32 Å². The van der Waals surface area contributed by atoms with Gasteiger partial charge in [0.15, 0.2) is 0 Å². The fourth-order valence-electron chi connectivity index (χ4n) is 5.46. The molecule has 1 N–H and O–H groups in total. The Kier molecular flexibility index (Phi) is 11.6. The topological polar surface area (TPSA) is 96.0 Å². The molecular formula is C33H39Cl2N3O5S. The van der Waals surface area contributed by atoms with Gasteiger partial charge in [0.05, 0.1) is 22.7 Å². The zero-order chi connectivity index (χ0) is 31.9. The first-order valence-electron chi connectivity index (χ1n) is 14.8. The Morgan fingerprint density at radius 1 is 1.00 bits per heavy atom. The van der Waals surface area contributed by atoms with Crippen molar-refractivity contribution in [3.05, 3.63) is 87.9 Å². The third kappa shape index (κ3) is 8.25. The Morgan fingerprint density at radius 2 is 1.70 bits per heavy atom. The molecule has 8 nitrogen and oxygen atoms in total. The largest absolute Gasteiger partial charge is 0.497 e. The van der Waals surface area contributed by atoms with Crippen molar-refractivity contribution in [2.24, 2.45) is 0 Å². The number of nitrogens with zero attached hydrogens (tertiary/aromatic N) is 2. The smallest absolute Gasteiger partial charge is 0.264 e. The zero-order valence-electron chi connectivity index (χ0n) is 25.3. The van der Waals surface area contributed by atoms with Gasteiger partial charge in [-0.15, -0.1) is 0 Å². The van der Waals surface area contributed by atoms with E-state index >= 15 is 0 Å². The van der Waals surface area contributed by atoms with Crippen LogP contribution in [0, 0.1) is 6.92 Å². The second-order valence-electron chi connectivity index (χ2n) is 11.1. The maximum absolute atomic E-state index is 14.3. The number of methoxy groups -OCH3 is 1. The van der Waals surface area contributed by atoms with E-state index in [4.69, 9.17) is 27.9 Å². The van der Waals surface area contributed by atoms with Crippen LogP contribution in [-0.4, -0.2) is 50.9 Å². The SMILES string of the molecule is CCC(C(=O)NC1CCCCC1)N(Cc1cccc(OC)c1)C(=O)CN(c1cc(Cl)ccc1Cl)S(=O)(=O)c1ccc(C)cc1. The summed E-state index contributed by atoms with van der Waals surface area (Å²) in [7, 11) is -2.72. The number of carbonyl (C=O) groups excluding carboxylic acids is 2. The molecule has 11 heteroatoms. The highest BCUT2D eigenvalue weighted by Gasteiger charge is 2.35. The molecule has 1 aliphatic rings. The van der Waals surface area contributed by atoms with Crippen LogP contribution in [0.15, 0.2) is 71.6 Å². The third-order valence-corrected chi connectivity index (χ3v) is 10.2. The van der Waals surface area contributed by atoms with E-state index in [9.17, 15) is 18.0 Å². The van der Waals surface area contributed by atoms with Crippen molar-refractivity contribution < 1.29 is 22.7 Å². The molecule has 1 saturated carbocycles. The monoisotopic (exact) mass is 659 g/mol.